The predicted molar refractivity (Wildman–Crippen MR) is 107 cm³/mol. The van der Waals surface area contributed by atoms with Gasteiger partial charge in [-0.2, -0.15) is 0 Å². The van der Waals surface area contributed by atoms with Crippen molar-refractivity contribution in [2.24, 2.45) is 5.92 Å². The molecule has 0 saturated heterocycles. The highest BCUT2D eigenvalue weighted by molar-refractivity contribution is 5.46. The van der Waals surface area contributed by atoms with Gasteiger partial charge in [-0.3, -0.25) is 0 Å². The average molecular weight is 354 g/mol. The Hall–Kier alpha value is -1.94. The number of rotatable bonds is 7. The molecule has 1 saturated carbocycles. The van der Waals surface area contributed by atoms with Gasteiger partial charge in [0, 0.05) is 19.2 Å². The summed E-state index contributed by atoms with van der Waals surface area (Å²) >= 11 is 0. The molecule has 3 rings (SSSR count). The molecule has 140 valence electrons. The SMILES string of the molecule is CCCN(CC1CC1)c1cc(C(O)c2c(C)cc(C)cc2C)nc(C)n1. The van der Waals surface area contributed by atoms with Crippen LogP contribution in [0.5, 0.6) is 0 Å². The van der Waals surface area contributed by atoms with E-state index in [1.54, 1.807) is 0 Å². The third-order valence-corrected chi connectivity index (χ3v) is 5.13. The predicted octanol–water partition coefficient (Wildman–Crippen LogP) is 4.42. The minimum Gasteiger partial charge on any atom is -0.382 e. The van der Waals surface area contributed by atoms with Gasteiger partial charge >= 0.3 is 0 Å². The summed E-state index contributed by atoms with van der Waals surface area (Å²) in [6.07, 6.45) is 3.01. The molecule has 1 unspecified atom stereocenters. The smallest absolute Gasteiger partial charge is 0.132 e. The minimum absolute atomic E-state index is 0.694. The number of benzene rings is 1. The van der Waals surface area contributed by atoms with Crippen molar-refractivity contribution in [3.05, 3.63) is 52.0 Å². The van der Waals surface area contributed by atoms with Crippen LogP contribution in [0.3, 0.4) is 0 Å². The zero-order valence-electron chi connectivity index (χ0n) is 16.7. The van der Waals surface area contributed by atoms with E-state index in [0.717, 1.165) is 53.8 Å². The fourth-order valence-electron chi connectivity index (χ4n) is 3.83. The first-order valence-corrected chi connectivity index (χ1v) is 9.75. The highest BCUT2D eigenvalue weighted by Gasteiger charge is 2.26. The van der Waals surface area contributed by atoms with E-state index in [1.165, 1.54) is 18.4 Å². The summed E-state index contributed by atoms with van der Waals surface area (Å²) < 4.78 is 0. The lowest BCUT2D eigenvalue weighted by Gasteiger charge is -2.25. The van der Waals surface area contributed by atoms with Gasteiger partial charge in [-0.05, 0) is 69.6 Å². The number of aromatic nitrogens is 2. The van der Waals surface area contributed by atoms with E-state index in [2.05, 4.69) is 54.7 Å². The third-order valence-electron chi connectivity index (χ3n) is 5.13. The lowest BCUT2D eigenvalue weighted by molar-refractivity contribution is 0.213. The third kappa shape index (κ3) is 4.24. The zero-order chi connectivity index (χ0) is 18.8. The minimum atomic E-state index is -0.722. The number of anilines is 1. The van der Waals surface area contributed by atoms with Crippen LogP contribution < -0.4 is 4.90 Å². The van der Waals surface area contributed by atoms with E-state index in [1.807, 2.05) is 13.0 Å². The molecule has 0 bridgehead atoms. The van der Waals surface area contributed by atoms with Gasteiger partial charge in [-0.15, -0.1) is 0 Å². The van der Waals surface area contributed by atoms with Crippen molar-refractivity contribution in [3.8, 4) is 0 Å². The summed E-state index contributed by atoms with van der Waals surface area (Å²) in [5.74, 6) is 2.46. The van der Waals surface area contributed by atoms with Crippen molar-refractivity contribution < 1.29 is 5.11 Å². The Balaban J connectivity index is 1.96. The van der Waals surface area contributed by atoms with Crippen molar-refractivity contribution in [2.45, 2.75) is 60.0 Å². The van der Waals surface area contributed by atoms with E-state index in [-0.39, 0.29) is 0 Å². The molecule has 2 aromatic rings. The molecule has 1 aliphatic rings. The van der Waals surface area contributed by atoms with Crippen LogP contribution in [-0.4, -0.2) is 28.2 Å². The second kappa shape index (κ2) is 7.75. The lowest BCUT2D eigenvalue weighted by Crippen LogP contribution is -2.28. The zero-order valence-corrected chi connectivity index (χ0v) is 16.7. The van der Waals surface area contributed by atoms with Crippen LogP contribution in [0.25, 0.3) is 0 Å². The van der Waals surface area contributed by atoms with Crippen LogP contribution in [0.4, 0.5) is 5.82 Å². The van der Waals surface area contributed by atoms with E-state index >= 15 is 0 Å². The van der Waals surface area contributed by atoms with Crippen LogP contribution in [0, 0.1) is 33.6 Å². The fraction of sp³-hybridized carbons (Fsp3) is 0.545. The maximum Gasteiger partial charge on any atom is 0.132 e. The highest BCUT2D eigenvalue weighted by atomic mass is 16.3. The number of nitrogens with zero attached hydrogens (tertiary/aromatic N) is 3. The quantitative estimate of drug-likeness (QED) is 0.800. The largest absolute Gasteiger partial charge is 0.382 e. The molecule has 0 aliphatic heterocycles. The molecule has 26 heavy (non-hydrogen) atoms. The van der Waals surface area contributed by atoms with Gasteiger partial charge in [0.2, 0.25) is 0 Å². The first-order valence-electron chi connectivity index (χ1n) is 9.75. The molecule has 1 aromatic heterocycles. The molecular weight excluding hydrogens is 322 g/mol. The van der Waals surface area contributed by atoms with Gasteiger partial charge in [-0.25, -0.2) is 9.97 Å². The maximum atomic E-state index is 11.1. The molecule has 4 heteroatoms. The highest BCUT2D eigenvalue weighted by Crippen LogP contribution is 2.33. The first kappa shape index (κ1) is 18.8. The molecule has 1 aromatic carbocycles. The molecule has 1 fully saturated rings. The van der Waals surface area contributed by atoms with Gasteiger partial charge < -0.3 is 10.0 Å². The van der Waals surface area contributed by atoms with Gasteiger partial charge in [-0.1, -0.05) is 24.6 Å². The molecule has 0 radical (unpaired) electrons. The summed E-state index contributed by atoms with van der Waals surface area (Å²) in [5.41, 5.74) is 5.09. The second-order valence-corrected chi connectivity index (χ2v) is 7.80. The Morgan fingerprint density at radius 3 is 2.31 bits per heavy atom. The van der Waals surface area contributed by atoms with Gasteiger partial charge in [0.05, 0.1) is 5.69 Å². The standard InChI is InChI=1S/C22H31N3O/c1-6-9-25(13-18-7-8-18)20-12-19(23-17(5)24-20)22(26)21-15(3)10-14(2)11-16(21)4/h10-12,18,22,26H,6-9,13H2,1-5H3. The summed E-state index contributed by atoms with van der Waals surface area (Å²) in [5, 5.41) is 11.1. The lowest BCUT2D eigenvalue weighted by atomic mass is 9.94. The van der Waals surface area contributed by atoms with E-state index in [0.29, 0.717) is 5.69 Å². The van der Waals surface area contributed by atoms with Gasteiger partial charge in [0.15, 0.2) is 0 Å². The Kier molecular flexibility index (Phi) is 5.61. The molecule has 4 nitrogen and oxygen atoms in total. The van der Waals surface area contributed by atoms with Crippen LogP contribution in [0.2, 0.25) is 0 Å². The summed E-state index contributed by atoms with van der Waals surface area (Å²) in [4.78, 5) is 11.6. The number of aliphatic hydroxyl groups is 1. The fourth-order valence-corrected chi connectivity index (χ4v) is 3.83. The maximum absolute atomic E-state index is 11.1. The molecular formula is C22H31N3O. The summed E-state index contributed by atoms with van der Waals surface area (Å²) in [6, 6.07) is 6.22. The number of hydrogen-bond acceptors (Lipinski definition) is 4. The van der Waals surface area contributed by atoms with Crippen molar-refractivity contribution in [3.63, 3.8) is 0 Å². The van der Waals surface area contributed by atoms with Crippen LogP contribution in [-0.2, 0) is 0 Å². The number of hydrogen-bond donors (Lipinski definition) is 1. The van der Waals surface area contributed by atoms with Crippen molar-refractivity contribution in [2.75, 3.05) is 18.0 Å². The van der Waals surface area contributed by atoms with Crippen molar-refractivity contribution >= 4 is 5.82 Å². The molecule has 1 heterocycles. The van der Waals surface area contributed by atoms with E-state index in [4.69, 9.17) is 0 Å². The monoisotopic (exact) mass is 353 g/mol. The summed E-state index contributed by atoms with van der Waals surface area (Å²) in [6.45, 7) is 12.4. The normalized spacial score (nSPS) is 15.2. The molecule has 1 aliphatic carbocycles. The van der Waals surface area contributed by atoms with E-state index < -0.39 is 6.10 Å². The Morgan fingerprint density at radius 1 is 1.08 bits per heavy atom. The second-order valence-electron chi connectivity index (χ2n) is 7.80. The number of aliphatic hydroxyl groups excluding tert-OH is 1. The Bertz CT molecular complexity index is 760. The Morgan fingerprint density at radius 2 is 1.73 bits per heavy atom. The van der Waals surface area contributed by atoms with E-state index in [9.17, 15) is 5.11 Å². The summed E-state index contributed by atoms with van der Waals surface area (Å²) in [7, 11) is 0. The number of aryl methyl sites for hydroxylation is 4. The molecule has 0 spiro atoms. The van der Waals surface area contributed by atoms with Crippen LogP contribution in [0.1, 0.15) is 66.1 Å². The molecule has 1 N–H and O–H groups in total. The van der Waals surface area contributed by atoms with Crippen LogP contribution >= 0.6 is 0 Å². The van der Waals surface area contributed by atoms with Gasteiger partial charge in [0.25, 0.3) is 0 Å². The average Bonchev–Trinajstić information content (AvgIpc) is 3.37. The van der Waals surface area contributed by atoms with Gasteiger partial charge in [0.1, 0.15) is 17.7 Å². The Labute approximate surface area is 157 Å². The van der Waals surface area contributed by atoms with Crippen molar-refractivity contribution in [1.82, 2.24) is 9.97 Å². The molecule has 1 atom stereocenters. The molecule has 0 amide bonds. The topological polar surface area (TPSA) is 49.2 Å². The first-order chi connectivity index (χ1) is 12.4. The van der Waals surface area contributed by atoms with Crippen molar-refractivity contribution in [1.29, 1.82) is 0 Å². The van der Waals surface area contributed by atoms with Crippen LogP contribution in [0.15, 0.2) is 18.2 Å².